The van der Waals surface area contributed by atoms with E-state index in [4.69, 9.17) is 9.47 Å². The molecular formula is C17H24N2O4. The number of amides is 1. The summed E-state index contributed by atoms with van der Waals surface area (Å²) in [4.78, 5) is 25.9. The zero-order valence-corrected chi connectivity index (χ0v) is 13.9. The van der Waals surface area contributed by atoms with Crippen LogP contribution < -0.4 is 15.0 Å². The molecule has 23 heavy (non-hydrogen) atoms. The number of rotatable bonds is 6. The van der Waals surface area contributed by atoms with E-state index in [1.807, 2.05) is 36.9 Å². The Bertz CT molecular complexity index is 574. The normalized spacial score (nSPS) is 16.3. The highest BCUT2D eigenvalue weighted by molar-refractivity contribution is 5.84. The summed E-state index contributed by atoms with van der Waals surface area (Å²) < 4.78 is 10.8. The molecule has 0 spiro atoms. The second-order valence-corrected chi connectivity index (χ2v) is 5.55. The van der Waals surface area contributed by atoms with Crippen molar-refractivity contribution < 1.29 is 19.1 Å². The number of nitrogens with one attached hydrogen (secondary N) is 1. The van der Waals surface area contributed by atoms with Crippen molar-refractivity contribution in [2.75, 3.05) is 31.1 Å². The van der Waals surface area contributed by atoms with Crippen molar-refractivity contribution in [3.8, 4) is 5.75 Å². The summed E-state index contributed by atoms with van der Waals surface area (Å²) in [5, 5.41) is 2.84. The second kappa shape index (κ2) is 7.85. The Balaban J connectivity index is 2.19. The lowest BCUT2D eigenvalue weighted by Gasteiger charge is -2.35. The number of carbonyl (C=O) groups excluding carboxylic acids is 2. The molecule has 1 aromatic rings. The van der Waals surface area contributed by atoms with Crippen molar-refractivity contribution in [2.45, 2.75) is 33.3 Å². The molecule has 1 unspecified atom stereocenters. The summed E-state index contributed by atoms with van der Waals surface area (Å²) in [6.07, 6.45) is 0.229. The van der Waals surface area contributed by atoms with Crippen LogP contribution in [0.3, 0.4) is 0 Å². The van der Waals surface area contributed by atoms with Crippen LogP contribution in [0.5, 0.6) is 5.75 Å². The molecule has 6 nitrogen and oxygen atoms in total. The summed E-state index contributed by atoms with van der Waals surface area (Å²) in [5.74, 6) is 0.143. The maximum atomic E-state index is 12.2. The number of nitrogens with zero attached hydrogens (tertiary/aromatic N) is 1. The number of anilines is 1. The Kier molecular flexibility index (Phi) is 5.84. The van der Waals surface area contributed by atoms with E-state index in [-0.39, 0.29) is 18.4 Å². The zero-order valence-electron chi connectivity index (χ0n) is 13.9. The first kappa shape index (κ1) is 17.1. The average Bonchev–Trinajstić information content (AvgIpc) is 2.53. The van der Waals surface area contributed by atoms with Crippen LogP contribution in [0.15, 0.2) is 18.2 Å². The van der Waals surface area contributed by atoms with E-state index >= 15 is 0 Å². The first-order valence-corrected chi connectivity index (χ1v) is 8.00. The van der Waals surface area contributed by atoms with Crippen molar-refractivity contribution in [3.05, 3.63) is 23.8 Å². The molecule has 0 aliphatic carbocycles. The Morgan fingerprint density at radius 2 is 2.17 bits per heavy atom. The van der Waals surface area contributed by atoms with Crippen molar-refractivity contribution in [3.63, 3.8) is 0 Å². The maximum absolute atomic E-state index is 12.2. The molecule has 0 fully saturated rings. The Morgan fingerprint density at radius 3 is 2.87 bits per heavy atom. The molecule has 1 aliphatic heterocycles. The molecule has 0 saturated heterocycles. The van der Waals surface area contributed by atoms with Crippen molar-refractivity contribution in [1.29, 1.82) is 0 Å². The van der Waals surface area contributed by atoms with Gasteiger partial charge in [-0.3, -0.25) is 9.59 Å². The van der Waals surface area contributed by atoms with Crippen LogP contribution in [-0.2, 0) is 14.3 Å². The third kappa shape index (κ3) is 4.37. The highest BCUT2D eigenvalue weighted by atomic mass is 16.5. The number of esters is 1. The van der Waals surface area contributed by atoms with Crippen LogP contribution in [0, 0.1) is 6.92 Å². The third-order valence-electron chi connectivity index (χ3n) is 3.58. The molecule has 1 heterocycles. The van der Waals surface area contributed by atoms with E-state index in [1.54, 1.807) is 6.92 Å². The molecule has 1 aliphatic rings. The molecule has 1 atom stereocenters. The highest BCUT2D eigenvalue weighted by Gasteiger charge is 2.31. The summed E-state index contributed by atoms with van der Waals surface area (Å²) in [7, 11) is 0. The topological polar surface area (TPSA) is 67.9 Å². The quantitative estimate of drug-likeness (QED) is 0.807. The molecule has 0 bridgehead atoms. The third-order valence-corrected chi connectivity index (χ3v) is 3.58. The number of carbonyl (C=O) groups is 2. The number of aryl methyl sites for hydroxylation is 1. The first-order valence-electron chi connectivity index (χ1n) is 8.00. The van der Waals surface area contributed by atoms with Crippen LogP contribution in [0.2, 0.25) is 0 Å². The minimum atomic E-state index is -0.633. The summed E-state index contributed by atoms with van der Waals surface area (Å²) in [5.41, 5.74) is 1.88. The van der Waals surface area contributed by atoms with Gasteiger partial charge in [0, 0.05) is 6.54 Å². The van der Waals surface area contributed by atoms with Crippen LogP contribution in [0.1, 0.15) is 25.8 Å². The van der Waals surface area contributed by atoms with Crippen LogP contribution in [-0.4, -0.2) is 44.2 Å². The van der Waals surface area contributed by atoms with E-state index in [0.29, 0.717) is 25.4 Å². The maximum Gasteiger partial charge on any atom is 0.325 e. The van der Waals surface area contributed by atoms with Gasteiger partial charge in [0.15, 0.2) is 6.10 Å². The monoisotopic (exact) mass is 320 g/mol. The molecule has 0 radical (unpaired) electrons. The smallest absolute Gasteiger partial charge is 0.325 e. The molecule has 1 aromatic carbocycles. The van der Waals surface area contributed by atoms with Crippen molar-refractivity contribution >= 4 is 17.6 Å². The van der Waals surface area contributed by atoms with Crippen LogP contribution in [0.4, 0.5) is 5.69 Å². The standard InChI is InChI=1S/C17H24N2O4/c1-4-8-18-17(21)15-10-19(11-16(20)22-5-2)13-9-12(3)6-7-14(13)23-15/h6-7,9,15H,4-5,8,10-11H2,1-3H3,(H,18,21). The zero-order chi connectivity index (χ0) is 16.8. The van der Waals surface area contributed by atoms with Gasteiger partial charge in [-0.2, -0.15) is 0 Å². The highest BCUT2D eigenvalue weighted by Crippen LogP contribution is 2.34. The number of hydrogen-bond acceptors (Lipinski definition) is 5. The van der Waals surface area contributed by atoms with Gasteiger partial charge in [0.05, 0.1) is 18.8 Å². The SMILES string of the molecule is CCCNC(=O)C1CN(CC(=O)OCC)c2cc(C)ccc2O1. The van der Waals surface area contributed by atoms with E-state index in [0.717, 1.165) is 17.7 Å². The average molecular weight is 320 g/mol. The molecule has 6 heteroatoms. The number of ether oxygens (including phenoxy) is 2. The first-order chi connectivity index (χ1) is 11.0. The molecular weight excluding hydrogens is 296 g/mol. The number of hydrogen-bond donors (Lipinski definition) is 1. The molecule has 0 aromatic heterocycles. The van der Waals surface area contributed by atoms with E-state index in [9.17, 15) is 9.59 Å². The van der Waals surface area contributed by atoms with E-state index < -0.39 is 6.10 Å². The van der Waals surface area contributed by atoms with Gasteiger partial charge in [0.1, 0.15) is 12.3 Å². The number of fused-ring (bicyclic) bond motifs is 1. The Hall–Kier alpha value is -2.24. The van der Waals surface area contributed by atoms with Gasteiger partial charge < -0.3 is 19.7 Å². The molecule has 126 valence electrons. The van der Waals surface area contributed by atoms with Crippen molar-refractivity contribution in [1.82, 2.24) is 5.32 Å². The molecule has 0 saturated carbocycles. The van der Waals surface area contributed by atoms with Crippen molar-refractivity contribution in [2.24, 2.45) is 0 Å². The van der Waals surface area contributed by atoms with Gasteiger partial charge in [0.2, 0.25) is 0 Å². The fourth-order valence-corrected chi connectivity index (χ4v) is 2.47. The predicted molar refractivity (Wildman–Crippen MR) is 87.7 cm³/mol. The fourth-order valence-electron chi connectivity index (χ4n) is 2.47. The largest absolute Gasteiger partial charge is 0.477 e. The van der Waals surface area contributed by atoms with Gasteiger partial charge in [-0.25, -0.2) is 0 Å². The molecule has 2 rings (SSSR count). The van der Waals surface area contributed by atoms with Gasteiger partial charge in [-0.05, 0) is 38.0 Å². The second-order valence-electron chi connectivity index (χ2n) is 5.55. The minimum Gasteiger partial charge on any atom is -0.477 e. The lowest BCUT2D eigenvalue weighted by atomic mass is 10.1. The molecule has 1 N–H and O–H groups in total. The fraction of sp³-hybridized carbons (Fsp3) is 0.529. The van der Waals surface area contributed by atoms with Gasteiger partial charge in [-0.1, -0.05) is 13.0 Å². The Morgan fingerprint density at radius 1 is 1.39 bits per heavy atom. The minimum absolute atomic E-state index is 0.102. The summed E-state index contributed by atoms with van der Waals surface area (Å²) in [6.45, 7) is 7.12. The lowest BCUT2D eigenvalue weighted by Crippen LogP contribution is -2.50. The van der Waals surface area contributed by atoms with Crippen LogP contribution >= 0.6 is 0 Å². The van der Waals surface area contributed by atoms with Gasteiger partial charge >= 0.3 is 5.97 Å². The van der Waals surface area contributed by atoms with Gasteiger partial charge in [-0.15, -0.1) is 0 Å². The Labute approximate surface area is 136 Å². The lowest BCUT2D eigenvalue weighted by molar-refractivity contribution is -0.141. The predicted octanol–water partition coefficient (Wildman–Crippen LogP) is 1.65. The number of benzene rings is 1. The summed E-state index contributed by atoms with van der Waals surface area (Å²) in [6, 6.07) is 5.71. The summed E-state index contributed by atoms with van der Waals surface area (Å²) >= 11 is 0. The molecule has 1 amide bonds. The van der Waals surface area contributed by atoms with Gasteiger partial charge in [0.25, 0.3) is 5.91 Å². The van der Waals surface area contributed by atoms with E-state index in [1.165, 1.54) is 0 Å². The van der Waals surface area contributed by atoms with E-state index in [2.05, 4.69) is 5.32 Å². The van der Waals surface area contributed by atoms with Crippen LogP contribution in [0.25, 0.3) is 0 Å².